The number of rotatable bonds is 6. The SMILES string of the molecule is Cc1c(C#N)c(NC(=O)Cn2nc(-c3ccc(F)cc3)oc2=O)n(Cc2ccc(F)cc2)c1C. The predicted molar refractivity (Wildman–Crippen MR) is 119 cm³/mol. The van der Waals surface area contributed by atoms with E-state index in [0.717, 1.165) is 15.9 Å². The molecule has 10 heteroatoms. The van der Waals surface area contributed by atoms with Gasteiger partial charge < -0.3 is 14.3 Å². The van der Waals surface area contributed by atoms with E-state index in [-0.39, 0.29) is 23.1 Å². The quantitative estimate of drug-likeness (QED) is 0.469. The van der Waals surface area contributed by atoms with Gasteiger partial charge >= 0.3 is 5.76 Å². The van der Waals surface area contributed by atoms with Crippen LogP contribution in [0.4, 0.5) is 14.6 Å². The molecule has 0 aliphatic heterocycles. The fraction of sp³-hybridized carbons (Fsp3) is 0.167. The molecule has 0 radical (unpaired) electrons. The second-order valence-corrected chi connectivity index (χ2v) is 7.64. The van der Waals surface area contributed by atoms with E-state index in [1.807, 2.05) is 6.92 Å². The van der Waals surface area contributed by atoms with Crippen LogP contribution in [-0.2, 0) is 17.9 Å². The zero-order valence-corrected chi connectivity index (χ0v) is 18.3. The van der Waals surface area contributed by atoms with Crippen LogP contribution in [0.5, 0.6) is 0 Å². The average Bonchev–Trinajstić information content (AvgIpc) is 3.27. The molecule has 0 unspecified atom stereocenters. The fourth-order valence-corrected chi connectivity index (χ4v) is 3.52. The Hall–Kier alpha value is -4.52. The zero-order valence-electron chi connectivity index (χ0n) is 18.3. The topological polar surface area (TPSA) is 106 Å². The second kappa shape index (κ2) is 9.15. The summed E-state index contributed by atoms with van der Waals surface area (Å²) in [4.78, 5) is 25.0. The lowest BCUT2D eigenvalue weighted by Gasteiger charge is -2.13. The first-order valence-corrected chi connectivity index (χ1v) is 10.2. The van der Waals surface area contributed by atoms with Crippen LogP contribution in [-0.4, -0.2) is 20.3 Å². The largest absolute Gasteiger partial charge is 0.437 e. The molecular weight excluding hydrogens is 444 g/mol. The number of anilines is 1. The summed E-state index contributed by atoms with van der Waals surface area (Å²) in [6, 6.07) is 13.2. The van der Waals surface area contributed by atoms with E-state index in [0.29, 0.717) is 17.7 Å². The third kappa shape index (κ3) is 4.49. The van der Waals surface area contributed by atoms with Crippen LogP contribution in [0.1, 0.15) is 22.4 Å². The lowest BCUT2D eigenvalue weighted by molar-refractivity contribution is -0.117. The third-order valence-electron chi connectivity index (χ3n) is 5.44. The van der Waals surface area contributed by atoms with Crippen LogP contribution in [0, 0.1) is 36.8 Å². The van der Waals surface area contributed by atoms with E-state index in [1.54, 1.807) is 23.6 Å². The van der Waals surface area contributed by atoms with E-state index in [2.05, 4.69) is 16.5 Å². The minimum atomic E-state index is -0.857. The Kier molecular flexibility index (Phi) is 6.10. The molecule has 0 saturated heterocycles. The first-order chi connectivity index (χ1) is 16.3. The van der Waals surface area contributed by atoms with Gasteiger partial charge in [0.05, 0.1) is 5.56 Å². The van der Waals surface area contributed by atoms with Gasteiger partial charge in [-0.3, -0.25) is 4.79 Å². The van der Waals surface area contributed by atoms with Gasteiger partial charge in [-0.1, -0.05) is 12.1 Å². The van der Waals surface area contributed by atoms with Gasteiger partial charge in [-0.25, -0.2) is 13.6 Å². The highest BCUT2D eigenvalue weighted by molar-refractivity contribution is 5.91. The number of aromatic nitrogens is 3. The van der Waals surface area contributed by atoms with Crippen molar-refractivity contribution >= 4 is 11.7 Å². The van der Waals surface area contributed by atoms with Crippen LogP contribution >= 0.6 is 0 Å². The van der Waals surface area contributed by atoms with Crippen molar-refractivity contribution in [3.63, 3.8) is 0 Å². The van der Waals surface area contributed by atoms with Crippen molar-refractivity contribution in [3.8, 4) is 17.5 Å². The first kappa shape index (κ1) is 22.7. The number of benzene rings is 2. The summed E-state index contributed by atoms with van der Waals surface area (Å²) in [5.74, 6) is -2.07. The summed E-state index contributed by atoms with van der Waals surface area (Å²) >= 11 is 0. The molecule has 0 atom stereocenters. The number of halogens is 2. The van der Waals surface area contributed by atoms with Gasteiger partial charge in [-0.2, -0.15) is 9.94 Å². The smallest absolute Gasteiger partial charge is 0.388 e. The fourth-order valence-electron chi connectivity index (χ4n) is 3.52. The van der Waals surface area contributed by atoms with Crippen LogP contribution in [0.2, 0.25) is 0 Å². The Morgan fingerprint density at radius 2 is 1.71 bits per heavy atom. The lowest BCUT2D eigenvalue weighted by atomic mass is 10.2. The average molecular weight is 463 g/mol. The second-order valence-electron chi connectivity index (χ2n) is 7.64. The van der Waals surface area contributed by atoms with Crippen molar-refractivity contribution in [1.29, 1.82) is 5.26 Å². The molecule has 4 aromatic rings. The number of nitriles is 1. The maximum absolute atomic E-state index is 13.3. The Morgan fingerprint density at radius 1 is 1.09 bits per heavy atom. The molecule has 8 nitrogen and oxygen atoms in total. The van der Waals surface area contributed by atoms with Crippen LogP contribution in [0.25, 0.3) is 11.5 Å². The van der Waals surface area contributed by atoms with Crippen LogP contribution < -0.4 is 11.1 Å². The summed E-state index contributed by atoms with van der Waals surface area (Å²) in [5, 5.41) is 16.4. The molecule has 0 saturated carbocycles. The van der Waals surface area contributed by atoms with Gasteiger partial charge in [-0.15, -0.1) is 5.10 Å². The van der Waals surface area contributed by atoms with Gasteiger partial charge in [-0.05, 0) is 61.4 Å². The maximum Gasteiger partial charge on any atom is 0.437 e. The van der Waals surface area contributed by atoms with Crippen molar-refractivity contribution in [2.45, 2.75) is 26.9 Å². The predicted octanol–water partition coefficient (Wildman–Crippen LogP) is 3.76. The number of carbonyl (C=O) groups is 1. The first-order valence-electron chi connectivity index (χ1n) is 10.2. The summed E-state index contributed by atoms with van der Waals surface area (Å²) in [6.45, 7) is 3.41. The van der Waals surface area contributed by atoms with Gasteiger partial charge in [0.1, 0.15) is 30.1 Å². The van der Waals surface area contributed by atoms with Gasteiger partial charge in [0.15, 0.2) is 0 Å². The highest BCUT2D eigenvalue weighted by Crippen LogP contribution is 2.27. The number of nitrogens with one attached hydrogen (secondary N) is 1. The van der Waals surface area contributed by atoms with Crippen LogP contribution in [0.15, 0.2) is 57.7 Å². The number of amides is 1. The van der Waals surface area contributed by atoms with Crippen molar-refractivity contribution in [2.75, 3.05) is 5.32 Å². The number of carbonyl (C=O) groups excluding carboxylic acids is 1. The number of hydrogen-bond acceptors (Lipinski definition) is 5. The Bertz CT molecular complexity index is 1460. The standard InChI is InChI=1S/C24H19F2N5O3/c1-14-15(2)30(12-16-3-7-18(25)8-4-16)22(20(14)11-27)28-21(32)13-31-24(33)34-23(29-31)17-5-9-19(26)10-6-17/h3-10H,12-13H2,1-2H3,(H,28,32). The van der Waals surface area contributed by atoms with E-state index in [1.165, 1.54) is 36.4 Å². The van der Waals surface area contributed by atoms with E-state index in [4.69, 9.17) is 4.42 Å². The van der Waals surface area contributed by atoms with Crippen molar-refractivity contribution in [1.82, 2.24) is 14.3 Å². The normalized spacial score (nSPS) is 10.8. The zero-order chi connectivity index (χ0) is 24.4. The Balaban J connectivity index is 1.59. The van der Waals surface area contributed by atoms with Gasteiger partial charge in [0, 0.05) is 17.8 Å². The molecule has 0 fully saturated rings. The summed E-state index contributed by atoms with van der Waals surface area (Å²) in [5.41, 5.74) is 2.89. The summed E-state index contributed by atoms with van der Waals surface area (Å²) < 4.78 is 34.1. The van der Waals surface area contributed by atoms with Crippen molar-refractivity contribution in [3.05, 3.63) is 93.1 Å². The van der Waals surface area contributed by atoms with Gasteiger partial charge in [0.2, 0.25) is 11.8 Å². The monoisotopic (exact) mass is 463 g/mol. The molecule has 2 aromatic carbocycles. The van der Waals surface area contributed by atoms with Gasteiger partial charge in [0.25, 0.3) is 0 Å². The Labute approximate surface area is 192 Å². The highest BCUT2D eigenvalue weighted by atomic mass is 19.1. The summed E-state index contributed by atoms with van der Waals surface area (Å²) in [7, 11) is 0. The molecule has 4 rings (SSSR count). The minimum absolute atomic E-state index is 0.0538. The molecule has 2 heterocycles. The summed E-state index contributed by atoms with van der Waals surface area (Å²) in [6.07, 6.45) is 0. The Morgan fingerprint density at radius 3 is 2.32 bits per heavy atom. The highest BCUT2D eigenvalue weighted by Gasteiger charge is 2.21. The molecule has 0 bridgehead atoms. The van der Waals surface area contributed by atoms with E-state index < -0.39 is 24.0 Å². The molecule has 0 aliphatic rings. The molecule has 172 valence electrons. The van der Waals surface area contributed by atoms with Crippen molar-refractivity contribution < 1.29 is 18.0 Å². The third-order valence-corrected chi connectivity index (χ3v) is 5.44. The minimum Gasteiger partial charge on any atom is -0.388 e. The van der Waals surface area contributed by atoms with Crippen LogP contribution in [0.3, 0.4) is 0 Å². The molecule has 34 heavy (non-hydrogen) atoms. The van der Waals surface area contributed by atoms with E-state index >= 15 is 0 Å². The molecular formula is C24H19F2N5O3. The molecule has 0 spiro atoms. The van der Waals surface area contributed by atoms with Crippen molar-refractivity contribution in [2.24, 2.45) is 0 Å². The molecule has 1 amide bonds. The molecule has 2 aromatic heterocycles. The maximum atomic E-state index is 13.3. The van der Waals surface area contributed by atoms with E-state index in [9.17, 15) is 23.6 Å². The lowest BCUT2D eigenvalue weighted by Crippen LogP contribution is -2.27. The molecule has 1 N–H and O–H groups in total. The number of hydrogen-bond donors (Lipinski definition) is 1. The number of nitrogens with zero attached hydrogens (tertiary/aromatic N) is 4. The molecule has 0 aliphatic carbocycles.